The normalized spacial score (nSPS) is 20.2. The monoisotopic (exact) mass is 252 g/mol. The van der Waals surface area contributed by atoms with Crippen molar-refractivity contribution in [1.29, 1.82) is 0 Å². The van der Waals surface area contributed by atoms with Gasteiger partial charge in [-0.3, -0.25) is 0 Å². The quantitative estimate of drug-likeness (QED) is 0.874. The highest BCUT2D eigenvalue weighted by atomic mass is 32.2. The Morgan fingerprint density at radius 1 is 1.35 bits per heavy atom. The van der Waals surface area contributed by atoms with Crippen molar-refractivity contribution in [3.05, 3.63) is 29.8 Å². The molecule has 0 saturated carbocycles. The van der Waals surface area contributed by atoms with Crippen molar-refractivity contribution in [2.45, 2.75) is 31.8 Å². The summed E-state index contributed by atoms with van der Waals surface area (Å²) in [4.78, 5) is 0. The fourth-order valence-electron chi connectivity index (χ4n) is 2.08. The van der Waals surface area contributed by atoms with E-state index in [1.165, 1.54) is 24.2 Å². The molecule has 1 aliphatic heterocycles. The summed E-state index contributed by atoms with van der Waals surface area (Å²) in [7, 11) is 0. The third kappa shape index (κ3) is 3.93. The van der Waals surface area contributed by atoms with Gasteiger partial charge in [0.25, 0.3) is 0 Å². The molecule has 0 spiro atoms. The zero-order valence-electron chi connectivity index (χ0n) is 10.1. The van der Waals surface area contributed by atoms with Gasteiger partial charge in [-0.05, 0) is 43.1 Å². The number of benzene rings is 1. The molecular formula is C14H20O2S. The number of thioether (sulfide) groups is 1. The Morgan fingerprint density at radius 2 is 2.24 bits per heavy atom. The minimum Gasteiger partial charge on any atom is -0.489 e. The fourth-order valence-corrected chi connectivity index (χ4v) is 3.11. The van der Waals surface area contributed by atoms with E-state index in [9.17, 15) is 0 Å². The molecule has 1 N–H and O–H groups in total. The topological polar surface area (TPSA) is 29.5 Å². The summed E-state index contributed by atoms with van der Waals surface area (Å²) in [5.41, 5.74) is 1.22. The van der Waals surface area contributed by atoms with Crippen LogP contribution in [0.1, 0.15) is 24.8 Å². The molecule has 1 unspecified atom stereocenters. The SMILES string of the molecule is OCCCc1ccccc1OC1CCCSC1. The van der Waals surface area contributed by atoms with Gasteiger partial charge < -0.3 is 9.84 Å². The molecule has 0 bridgehead atoms. The van der Waals surface area contributed by atoms with Crippen LogP contribution in [0, 0.1) is 0 Å². The van der Waals surface area contributed by atoms with E-state index in [1.54, 1.807) is 0 Å². The van der Waals surface area contributed by atoms with Crippen LogP contribution in [-0.4, -0.2) is 29.3 Å². The van der Waals surface area contributed by atoms with Gasteiger partial charge in [0.2, 0.25) is 0 Å². The maximum atomic E-state index is 8.90. The standard InChI is InChI=1S/C14H20O2S/c15-9-3-6-12-5-1-2-8-14(12)16-13-7-4-10-17-11-13/h1-2,5,8,13,15H,3-4,6-7,9-11H2. The molecule has 1 aromatic carbocycles. The molecule has 0 amide bonds. The lowest BCUT2D eigenvalue weighted by molar-refractivity contribution is 0.208. The van der Waals surface area contributed by atoms with Gasteiger partial charge in [0.05, 0.1) is 0 Å². The average Bonchev–Trinajstić information content (AvgIpc) is 2.39. The Balaban J connectivity index is 1.98. The first-order chi connectivity index (χ1) is 8.40. The maximum Gasteiger partial charge on any atom is 0.122 e. The predicted octanol–water partition coefficient (Wildman–Crippen LogP) is 2.89. The summed E-state index contributed by atoms with van der Waals surface area (Å²) >= 11 is 1.98. The Hall–Kier alpha value is -0.670. The Bertz CT molecular complexity index is 335. The highest BCUT2D eigenvalue weighted by Gasteiger charge is 2.16. The van der Waals surface area contributed by atoms with Crippen molar-refractivity contribution < 1.29 is 9.84 Å². The lowest BCUT2D eigenvalue weighted by Gasteiger charge is -2.24. The van der Waals surface area contributed by atoms with E-state index in [2.05, 4.69) is 6.07 Å². The fraction of sp³-hybridized carbons (Fsp3) is 0.571. The van der Waals surface area contributed by atoms with Crippen LogP contribution in [-0.2, 0) is 6.42 Å². The third-order valence-corrected chi connectivity index (χ3v) is 4.17. The van der Waals surface area contributed by atoms with Crippen molar-refractivity contribution >= 4 is 11.8 Å². The molecule has 0 aliphatic carbocycles. The Morgan fingerprint density at radius 3 is 3.00 bits per heavy atom. The molecular weight excluding hydrogens is 232 g/mol. The zero-order chi connectivity index (χ0) is 11.9. The largest absolute Gasteiger partial charge is 0.489 e. The molecule has 17 heavy (non-hydrogen) atoms. The van der Waals surface area contributed by atoms with Gasteiger partial charge >= 0.3 is 0 Å². The van der Waals surface area contributed by atoms with Gasteiger partial charge in [-0.15, -0.1) is 0 Å². The predicted molar refractivity (Wildman–Crippen MR) is 72.8 cm³/mol. The van der Waals surface area contributed by atoms with Crippen molar-refractivity contribution in [3.63, 3.8) is 0 Å². The lowest BCUT2D eigenvalue weighted by atomic mass is 10.1. The van der Waals surface area contributed by atoms with E-state index in [-0.39, 0.29) is 6.61 Å². The first-order valence-corrected chi connectivity index (χ1v) is 7.49. The van der Waals surface area contributed by atoms with Gasteiger partial charge in [-0.2, -0.15) is 11.8 Å². The molecule has 0 radical (unpaired) electrons. The van der Waals surface area contributed by atoms with E-state index in [1.807, 2.05) is 30.0 Å². The number of para-hydroxylation sites is 1. The molecule has 3 heteroatoms. The number of aryl methyl sites for hydroxylation is 1. The molecule has 2 rings (SSSR count). The Kier molecular flexibility index (Phi) is 5.20. The molecule has 0 aromatic heterocycles. The lowest BCUT2D eigenvalue weighted by Crippen LogP contribution is -2.23. The highest BCUT2D eigenvalue weighted by Crippen LogP contribution is 2.25. The summed E-state index contributed by atoms with van der Waals surface area (Å²) in [6, 6.07) is 8.20. The van der Waals surface area contributed by atoms with Crippen molar-refractivity contribution in [2.75, 3.05) is 18.1 Å². The molecule has 2 nitrogen and oxygen atoms in total. The number of rotatable bonds is 5. The van der Waals surface area contributed by atoms with Gasteiger partial charge in [0, 0.05) is 12.4 Å². The zero-order valence-corrected chi connectivity index (χ0v) is 10.9. The molecule has 94 valence electrons. The van der Waals surface area contributed by atoms with Gasteiger partial charge in [0.1, 0.15) is 11.9 Å². The minimum absolute atomic E-state index is 0.244. The van der Waals surface area contributed by atoms with Crippen LogP contribution in [0.15, 0.2) is 24.3 Å². The smallest absolute Gasteiger partial charge is 0.122 e. The molecule has 1 aromatic rings. The molecule has 1 atom stereocenters. The first kappa shape index (κ1) is 12.8. The van der Waals surface area contributed by atoms with Crippen molar-refractivity contribution in [2.24, 2.45) is 0 Å². The Labute approximate surface area is 107 Å². The van der Waals surface area contributed by atoms with Crippen LogP contribution in [0.2, 0.25) is 0 Å². The van der Waals surface area contributed by atoms with Crippen LogP contribution in [0.3, 0.4) is 0 Å². The molecule has 1 saturated heterocycles. The molecule has 1 fully saturated rings. The van der Waals surface area contributed by atoms with Crippen LogP contribution in [0.4, 0.5) is 0 Å². The molecule has 1 heterocycles. The van der Waals surface area contributed by atoms with Crippen LogP contribution in [0.25, 0.3) is 0 Å². The average molecular weight is 252 g/mol. The number of ether oxygens (including phenoxy) is 1. The van der Waals surface area contributed by atoms with Gasteiger partial charge in [-0.25, -0.2) is 0 Å². The van der Waals surface area contributed by atoms with E-state index < -0.39 is 0 Å². The van der Waals surface area contributed by atoms with E-state index in [0.29, 0.717) is 6.10 Å². The summed E-state index contributed by atoms with van der Waals surface area (Å²) in [6.45, 7) is 0.244. The molecule has 1 aliphatic rings. The number of aliphatic hydroxyl groups is 1. The summed E-state index contributed by atoms with van der Waals surface area (Å²) in [5.74, 6) is 3.38. The number of aliphatic hydroxyl groups excluding tert-OH is 1. The second-order valence-electron chi connectivity index (χ2n) is 4.39. The second-order valence-corrected chi connectivity index (χ2v) is 5.54. The number of hydrogen-bond acceptors (Lipinski definition) is 3. The van der Waals surface area contributed by atoms with E-state index in [0.717, 1.165) is 24.3 Å². The van der Waals surface area contributed by atoms with Gasteiger partial charge in [-0.1, -0.05) is 18.2 Å². The summed E-state index contributed by atoms with van der Waals surface area (Å²) in [6.07, 6.45) is 4.49. The third-order valence-electron chi connectivity index (χ3n) is 2.99. The van der Waals surface area contributed by atoms with Crippen LogP contribution in [0.5, 0.6) is 5.75 Å². The second kappa shape index (κ2) is 6.92. The number of hydrogen-bond donors (Lipinski definition) is 1. The van der Waals surface area contributed by atoms with E-state index in [4.69, 9.17) is 9.84 Å². The van der Waals surface area contributed by atoms with Crippen molar-refractivity contribution in [3.8, 4) is 5.75 Å². The summed E-state index contributed by atoms with van der Waals surface area (Å²) < 4.78 is 6.08. The van der Waals surface area contributed by atoms with E-state index >= 15 is 0 Å². The van der Waals surface area contributed by atoms with Crippen LogP contribution < -0.4 is 4.74 Å². The summed E-state index contributed by atoms with van der Waals surface area (Å²) in [5, 5.41) is 8.90. The minimum atomic E-state index is 0.244. The van der Waals surface area contributed by atoms with Gasteiger partial charge in [0.15, 0.2) is 0 Å². The first-order valence-electron chi connectivity index (χ1n) is 6.33. The maximum absolute atomic E-state index is 8.90. The highest BCUT2D eigenvalue weighted by molar-refractivity contribution is 7.99. The van der Waals surface area contributed by atoms with Crippen LogP contribution >= 0.6 is 11.8 Å². The van der Waals surface area contributed by atoms with Crippen molar-refractivity contribution in [1.82, 2.24) is 0 Å².